The highest BCUT2D eigenvalue weighted by molar-refractivity contribution is 6.08. The molecule has 2 aromatic carbocycles. The maximum Gasteiger partial charge on any atom is 0.279 e. The van der Waals surface area contributed by atoms with Crippen LogP contribution in [0.25, 0.3) is 22.2 Å². The van der Waals surface area contributed by atoms with E-state index in [1.165, 1.54) is 15.8 Å². The minimum atomic E-state index is -0.135. The monoisotopic (exact) mass is 355 g/mol. The van der Waals surface area contributed by atoms with E-state index < -0.39 is 0 Å². The molecule has 0 spiro atoms. The number of carbonyl (C=O) groups is 1. The molecule has 2 heterocycles. The maximum absolute atomic E-state index is 13.3. The normalized spacial score (nSPS) is 11.1. The van der Waals surface area contributed by atoms with Gasteiger partial charge in [0.2, 0.25) is 0 Å². The molecule has 0 radical (unpaired) electrons. The van der Waals surface area contributed by atoms with Gasteiger partial charge in [0, 0.05) is 16.6 Å². The van der Waals surface area contributed by atoms with Gasteiger partial charge in [-0.3, -0.25) is 4.79 Å². The summed E-state index contributed by atoms with van der Waals surface area (Å²) in [5.74, 6) is -0.135. The lowest BCUT2D eigenvalue weighted by molar-refractivity contribution is 0.0944. The number of hydrogen-bond donors (Lipinski definition) is 0. The first-order valence-corrected chi connectivity index (χ1v) is 8.99. The number of pyridine rings is 1. The van der Waals surface area contributed by atoms with Crippen molar-refractivity contribution in [3.63, 3.8) is 0 Å². The van der Waals surface area contributed by atoms with Crippen molar-refractivity contribution in [2.75, 3.05) is 0 Å². The predicted octanol–water partition coefficient (Wildman–Crippen LogP) is 5.02. The molecule has 4 aromatic rings. The molecule has 0 atom stereocenters. The van der Waals surface area contributed by atoms with Crippen LogP contribution in [-0.2, 0) is 0 Å². The molecule has 4 heteroatoms. The minimum absolute atomic E-state index is 0.135. The maximum atomic E-state index is 13.3. The van der Waals surface area contributed by atoms with Crippen molar-refractivity contribution >= 4 is 16.8 Å². The quantitative estimate of drug-likeness (QED) is 0.507. The van der Waals surface area contributed by atoms with Gasteiger partial charge in [-0.05, 0) is 63.1 Å². The van der Waals surface area contributed by atoms with Gasteiger partial charge in [0.25, 0.3) is 5.91 Å². The van der Waals surface area contributed by atoms with Gasteiger partial charge in [0.1, 0.15) is 0 Å². The molecular formula is C23H21N3O. The highest BCUT2D eigenvalue weighted by Crippen LogP contribution is 2.27. The first kappa shape index (κ1) is 17.2. The lowest BCUT2D eigenvalue weighted by Crippen LogP contribution is -2.16. The molecule has 0 aliphatic carbocycles. The second-order valence-corrected chi connectivity index (χ2v) is 7.02. The van der Waals surface area contributed by atoms with Crippen LogP contribution in [0.5, 0.6) is 0 Å². The Balaban J connectivity index is 1.95. The Kier molecular flexibility index (Phi) is 4.11. The Morgan fingerprint density at radius 2 is 1.67 bits per heavy atom. The van der Waals surface area contributed by atoms with Gasteiger partial charge in [-0.2, -0.15) is 5.10 Å². The van der Waals surface area contributed by atoms with Gasteiger partial charge < -0.3 is 0 Å². The predicted molar refractivity (Wildman–Crippen MR) is 108 cm³/mol. The Bertz CT molecular complexity index is 1190. The van der Waals surface area contributed by atoms with E-state index in [0.717, 1.165) is 33.5 Å². The molecule has 27 heavy (non-hydrogen) atoms. The summed E-state index contributed by atoms with van der Waals surface area (Å²) in [6.45, 7) is 7.96. The van der Waals surface area contributed by atoms with Crippen LogP contribution in [0.15, 0.2) is 54.6 Å². The van der Waals surface area contributed by atoms with Crippen LogP contribution in [0, 0.1) is 27.7 Å². The average molecular weight is 355 g/mol. The van der Waals surface area contributed by atoms with E-state index in [1.54, 1.807) is 0 Å². The van der Waals surface area contributed by atoms with E-state index in [-0.39, 0.29) is 5.91 Å². The van der Waals surface area contributed by atoms with E-state index in [1.807, 2.05) is 50.2 Å². The SMILES string of the molecule is Cc1cc(C)n(C(=O)c2cc(-c3ccc(C)c(C)c3)nc3ccccc23)n1. The van der Waals surface area contributed by atoms with Gasteiger partial charge >= 0.3 is 0 Å². The molecule has 0 fully saturated rings. The molecule has 134 valence electrons. The third-order valence-electron chi connectivity index (χ3n) is 4.95. The van der Waals surface area contributed by atoms with Gasteiger partial charge in [0.15, 0.2) is 0 Å². The second kappa shape index (κ2) is 6.47. The highest BCUT2D eigenvalue weighted by Gasteiger charge is 2.18. The zero-order chi connectivity index (χ0) is 19.1. The molecule has 2 aromatic heterocycles. The Labute approximate surface area is 158 Å². The number of nitrogens with zero attached hydrogens (tertiary/aromatic N) is 3. The third-order valence-corrected chi connectivity index (χ3v) is 4.95. The van der Waals surface area contributed by atoms with E-state index in [4.69, 9.17) is 4.98 Å². The molecule has 4 rings (SSSR count). The van der Waals surface area contributed by atoms with Crippen LogP contribution in [0.2, 0.25) is 0 Å². The molecule has 0 N–H and O–H groups in total. The number of benzene rings is 2. The lowest BCUT2D eigenvalue weighted by atomic mass is 10.0. The first-order chi connectivity index (χ1) is 12.9. The molecule has 0 saturated heterocycles. The first-order valence-electron chi connectivity index (χ1n) is 8.99. The summed E-state index contributed by atoms with van der Waals surface area (Å²) in [5, 5.41) is 5.20. The van der Waals surface area contributed by atoms with Crippen molar-refractivity contribution in [3.8, 4) is 11.3 Å². The topological polar surface area (TPSA) is 47.8 Å². The van der Waals surface area contributed by atoms with Crippen molar-refractivity contribution in [2.24, 2.45) is 0 Å². The zero-order valence-corrected chi connectivity index (χ0v) is 15.9. The number of hydrogen-bond acceptors (Lipinski definition) is 3. The van der Waals surface area contributed by atoms with Gasteiger partial charge in [-0.25, -0.2) is 9.67 Å². The fraction of sp³-hybridized carbons (Fsp3) is 0.174. The highest BCUT2D eigenvalue weighted by atomic mass is 16.2. The minimum Gasteiger partial charge on any atom is -0.267 e. The number of fused-ring (bicyclic) bond motifs is 1. The number of para-hydroxylation sites is 1. The number of carbonyl (C=O) groups excluding carboxylic acids is 1. The summed E-state index contributed by atoms with van der Waals surface area (Å²) in [6, 6.07) is 17.8. The number of rotatable bonds is 2. The summed E-state index contributed by atoms with van der Waals surface area (Å²) in [5.41, 5.74) is 7.30. The molecule has 0 amide bonds. The van der Waals surface area contributed by atoms with E-state index >= 15 is 0 Å². The van der Waals surface area contributed by atoms with Gasteiger partial charge in [-0.1, -0.05) is 30.3 Å². The van der Waals surface area contributed by atoms with Gasteiger partial charge in [-0.15, -0.1) is 0 Å². The average Bonchev–Trinajstić information content (AvgIpc) is 3.00. The van der Waals surface area contributed by atoms with Gasteiger partial charge in [0.05, 0.1) is 22.5 Å². The summed E-state index contributed by atoms with van der Waals surface area (Å²) in [6.07, 6.45) is 0. The van der Waals surface area contributed by atoms with Crippen LogP contribution in [0.1, 0.15) is 32.9 Å². The molecule has 0 bridgehead atoms. The Hall–Kier alpha value is -3.27. The Morgan fingerprint density at radius 1 is 0.889 bits per heavy atom. The summed E-state index contributed by atoms with van der Waals surface area (Å²) >= 11 is 0. The van der Waals surface area contributed by atoms with Crippen molar-refractivity contribution in [1.29, 1.82) is 0 Å². The van der Waals surface area contributed by atoms with Crippen molar-refractivity contribution < 1.29 is 4.79 Å². The zero-order valence-electron chi connectivity index (χ0n) is 15.9. The van der Waals surface area contributed by atoms with Crippen LogP contribution >= 0.6 is 0 Å². The van der Waals surface area contributed by atoms with Crippen LogP contribution < -0.4 is 0 Å². The van der Waals surface area contributed by atoms with Crippen LogP contribution in [0.4, 0.5) is 0 Å². The summed E-state index contributed by atoms with van der Waals surface area (Å²) < 4.78 is 1.47. The molecule has 0 unspecified atom stereocenters. The van der Waals surface area contributed by atoms with E-state index in [0.29, 0.717) is 5.56 Å². The van der Waals surface area contributed by atoms with Crippen molar-refractivity contribution in [1.82, 2.24) is 14.8 Å². The fourth-order valence-corrected chi connectivity index (χ4v) is 3.35. The number of aromatic nitrogens is 3. The Morgan fingerprint density at radius 3 is 2.37 bits per heavy atom. The van der Waals surface area contributed by atoms with Crippen LogP contribution in [-0.4, -0.2) is 20.7 Å². The second-order valence-electron chi connectivity index (χ2n) is 7.02. The van der Waals surface area contributed by atoms with Crippen molar-refractivity contribution in [2.45, 2.75) is 27.7 Å². The standard InChI is InChI=1S/C23H21N3O/c1-14-9-10-18(11-15(14)2)22-13-20(19-7-5-6-8-21(19)24-22)23(27)26-17(4)12-16(3)25-26/h5-13H,1-4H3. The largest absolute Gasteiger partial charge is 0.279 e. The fourth-order valence-electron chi connectivity index (χ4n) is 3.35. The molecule has 0 saturated carbocycles. The molecule has 0 aliphatic rings. The third kappa shape index (κ3) is 3.04. The lowest BCUT2D eigenvalue weighted by Gasteiger charge is -2.11. The smallest absolute Gasteiger partial charge is 0.267 e. The number of aryl methyl sites for hydroxylation is 4. The molecule has 4 nitrogen and oxygen atoms in total. The van der Waals surface area contributed by atoms with Crippen molar-refractivity contribution in [3.05, 3.63) is 82.7 Å². The van der Waals surface area contributed by atoms with E-state index in [9.17, 15) is 4.79 Å². The summed E-state index contributed by atoms with van der Waals surface area (Å²) in [7, 11) is 0. The summed E-state index contributed by atoms with van der Waals surface area (Å²) in [4.78, 5) is 18.1. The van der Waals surface area contributed by atoms with E-state index in [2.05, 4.69) is 37.1 Å². The molecule has 0 aliphatic heterocycles. The van der Waals surface area contributed by atoms with Crippen LogP contribution in [0.3, 0.4) is 0 Å². The molecular weight excluding hydrogens is 334 g/mol.